The molecular weight excluding hydrogens is 306 g/mol. The van der Waals surface area contributed by atoms with Crippen molar-refractivity contribution < 1.29 is 4.79 Å². The van der Waals surface area contributed by atoms with Gasteiger partial charge in [-0.2, -0.15) is 5.10 Å². The first kappa shape index (κ1) is 15.9. The van der Waals surface area contributed by atoms with Crippen LogP contribution in [0.1, 0.15) is 27.4 Å². The van der Waals surface area contributed by atoms with Crippen LogP contribution in [0.5, 0.6) is 0 Å². The predicted molar refractivity (Wildman–Crippen MR) is 92.4 cm³/mol. The molecule has 7 heteroatoms. The SMILES string of the molecule is Cc1cc(C(=O)Nc2nn(C)c3cc(C)n(C)c(=O)c23)cc(C)n1. The highest BCUT2D eigenvalue weighted by molar-refractivity contribution is 6.07. The number of nitrogens with zero attached hydrogens (tertiary/aromatic N) is 4. The number of rotatable bonds is 2. The van der Waals surface area contributed by atoms with Gasteiger partial charge in [-0.1, -0.05) is 0 Å². The number of anilines is 1. The Balaban J connectivity index is 2.09. The van der Waals surface area contributed by atoms with Gasteiger partial charge in [-0.3, -0.25) is 19.3 Å². The standard InChI is InChI=1S/C17H19N5O2/c1-9-6-12(7-10(2)18-9)16(23)19-15-14-13(22(5)20-15)8-11(3)21(4)17(14)24/h6-8H,1-5H3,(H,19,20,23). The minimum absolute atomic E-state index is 0.185. The molecule has 0 unspecified atom stereocenters. The van der Waals surface area contributed by atoms with Gasteiger partial charge in [0.2, 0.25) is 0 Å². The number of carbonyl (C=O) groups is 1. The Labute approximate surface area is 138 Å². The normalized spacial score (nSPS) is 11.0. The van der Waals surface area contributed by atoms with Gasteiger partial charge >= 0.3 is 0 Å². The van der Waals surface area contributed by atoms with Crippen LogP contribution >= 0.6 is 0 Å². The van der Waals surface area contributed by atoms with E-state index >= 15 is 0 Å². The number of aryl methyl sites for hydroxylation is 4. The van der Waals surface area contributed by atoms with E-state index in [1.807, 2.05) is 26.8 Å². The summed E-state index contributed by atoms with van der Waals surface area (Å²) in [5.74, 6) is -0.0450. The molecule has 3 aromatic heterocycles. The molecule has 0 bridgehead atoms. The zero-order valence-corrected chi connectivity index (χ0v) is 14.3. The fourth-order valence-corrected chi connectivity index (χ4v) is 2.77. The van der Waals surface area contributed by atoms with Crippen LogP contribution in [-0.4, -0.2) is 25.2 Å². The number of hydrogen-bond donors (Lipinski definition) is 1. The minimum Gasteiger partial charge on any atom is -0.315 e. The quantitative estimate of drug-likeness (QED) is 0.779. The lowest BCUT2D eigenvalue weighted by Gasteiger charge is -2.06. The molecule has 1 amide bonds. The van der Waals surface area contributed by atoms with E-state index in [-0.39, 0.29) is 17.3 Å². The van der Waals surface area contributed by atoms with Gasteiger partial charge in [0.25, 0.3) is 11.5 Å². The largest absolute Gasteiger partial charge is 0.315 e. The van der Waals surface area contributed by atoms with Gasteiger partial charge in [-0.05, 0) is 39.0 Å². The van der Waals surface area contributed by atoms with Crippen LogP contribution in [0.4, 0.5) is 5.82 Å². The van der Waals surface area contributed by atoms with E-state index in [1.165, 1.54) is 0 Å². The first-order chi connectivity index (χ1) is 11.3. The highest BCUT2D eigenvalue weighted by atomic mass is 16.2. The Morgan fingerprint density at radius 3 is 2.33 bits per heavy atom. The van der Waals surface area contributed by atoms with Gasteiger partial charge in [0.1, 0.15) is 5.39 Å². The molecule has 124 valence electrons. The summed E-state index contributed by atoms with van der Waals surface area (Å²) in [6.45, 7) is 5.52. The van der Waals surface area contributed by atoms with E-state index in [4.69, 9.17) is 0 Å². The van der Waals surface area contributed by atoms with E-state index in [1.54, 1.807) is 35.5 Å². The second-order valence-corrected chi connectivity index (χ2v) is 5.98. The zero-order chi connectivity index (χ0) is 17.6. The minimum atomic E-state index is -0.314. The van der Waals surface area contributed by atoms with E-state index in [9.17, 15) is 9.59 Å². The number of nitrogens with one attached hydrogen (secondary N) is 1. The fourth-order valence-electron chi connectivity index (χ4n) is 2.77. The van der Waals surface area contributed by atoms with Crippen LogP contribution < -0.4 is 10.9 Å². The summed E-state index contributed by atoms with van der Waals surface area (Å²) in [5, 5.41) is 7.46. The number of carbonyl (C=O) groups excluding carboxylic acids is 1. The molecule has 0 aliphatic rings. The number of fused-ring (bicyclic) bond motifs is 1. The van der Waals surface area contributed by atoms with Crippen LogP contribution in [-0.2, 0) is 14.1 Å². The van der Waals surface area contributed by atoms with Gasteiger partial charge in [0.05, 0.1) is 5.52 Å². The van der Waals surface area contributed by atoms with E-state index in [0.29, 0.717) is 16.5 Å². The smallest absolute Gasteiger partial charge is 0.263 e. The van der Waals surface area contributed by atoms with Crippen LogP contribution in [0.15, 0.2) is 23.0 Å². The third-order valence-corrected chi connectivity index (χ3v) is 4.06. The molecule has 0 fully saturated rings. The number of pyridine rings is 2. The molecule has 3 aromatic rings. The molecule has 0 radical (unpaired) electrons. The summed E-state index contributed by atoms with van der Waals surface area (Å²) in [5.41, 5.74) is 3.34. The second-order valence-electron chi connectivity index (χ2n) is 5.98. The van der Waals surface area contributed by atoms with Crippen molar-refractivity contribution in [3.63, 3.8) is 0 Å². The zero-order valence-electron chi connectivity index (χ0n) is 14.3. The molecular formula is C17H19N5O2. The Bertz CT molecular complexity index is 1010. The highest BCUT2D eigenvalue weighted by Crippen LogP contribution is 2.20. The van der Waals surface area contributed by atoms with Gasteiger partial charge < -0.3 is 9.88 Å². The lowest BCUT2D eigenvalue weighted by Crippen LogP contribution is -2.20. The average molecular weight is 325 g/mol. The Hall–Kier alpha value is -2.96. The molecule has 3 rings (SSSR count). The Morgan fingerprint density at radius 1 is 1.08 bits per heavy atom. The molecule has 0 spiro atoms. The van der Waals surface area contributed by atoms with Crippen molar-refractivity contribution in [2.24, 2.45) is 14.1 Å². The molecule has 0 aromatic carbocycles. The number of hydrogen-bond acceptors (Lipinski definition) is 4. The van der Waals surface area contributed by atoms with Crippen molar-refractivity contribution in [2.45, 2.75) is 20.8 Å². The summed E-state index contributed by atoms with van der Waals surface area (Å²) in [6.07, 6.45) is 0. The van der Waals surface area contributed by atoms with Crippen molar-refractivity contribution in [1.29, 1.82) is 0 Å². The molecule has 0 atom stereocenters. The van der Waals surface area contributed by atoms with E-state index in [0.717, 1.165) is 17.1 Å². The first-order valence-corrected chi connectivity index (χ1v) is 7.58. The first-order valence-electron chi connectivity index (χ1n) is 7.58. The summed E-state index contributed by atoms with van der Waals surface area (Å²) >= 11 is 0. The average Bonchev–Trinajstić information content (AvgIpc) is 2.80. The third-order valence-electron chi connectivity index (χ3n) is 4.06. The summed E-state index contributed by atoms with van der Waals surface area (Å²) in [4.78, 5) is 29.4. The summed E-state index contributed by atoms with van der Waals surface area (Å²) in [7, 11) is 3.45. The summed E-state index contributed by atoms with van der Waals surface area (Å²) in [6, 6.07) is 5.28. The fraction of sp³-hybridized carbons (Fsp3) is 0.294. The van der Waals surface area contributed by atoms with Crippen molar-refractivity contribution in [3.8, 4) is 0 Å². The second kappa shape index (κ2) is 5.59. The lowest BCUT2D eigenvalue weighted by atomic mass is 10.2. The maximum absolute atomic E-state index is 12.6. The Morgan fingerprint density at radius 2 is 1.71 bits per heavy atom. The van der Waals surface area contributed by atoms with Gasteiger partial charge in [-0.15, -0.1) is 0 Å². The topological polar surface area (TPSA) is 81.8 Å². The molecule has 0 aliphatic heterocycles. The molecule has 0 saturated carbocycles. The molecule has 1 N–H and O–H groups in total. The number of aromatic nitrogens is 4. The maximum Gasteiger partial charge on any atom is 0.263 e. The van der Waals surface area contributed by atoms with E-state index < -0.39 is 0 Å². The van der Waals surface area contributed by atoms with Crippen molar-refractivity contribution in [3.05, 3.63) is 51.2 Å². The highest BCUT2D eigenvalue weighted by Gasteiger charge is 2.18. The van der Waals surface area contributed by atoms with Gasteiger partial charge in [0.15, 0.2) is 5.82 Å². The molecule has 3 heterocycles. The molecule has 0 saturated heterocycles. The van der Waals surface area contributed by atoms with Crippen LogP contribution in [0.3, 0.4) is 0 Å². The van der Waals surface area contributed by atoms with Crippen molar-refractivity contribution in [1.82, 2.24) is 19.3 Å². The molecule has 24 heavy (non-hydrogen) atoms. The lowest BCUT2D eigenvalue weighted by molar-refractivity contribution is 0.102. The Kier molecular flexibility index (Phi) is 3.71. The van der Waals surface area contributed by atoms with Crippen LogP contribution in [0.2, 0.25) is 0 Å². The van der Waals surface area contributed by atoms with Gasteiger partial charge in [0, 0.05) is 36.7 Å². The van der Waals surface area contributed by atoms with Crippen LogP contribution in [0, 0.1) is 20.8 Å². The third kappa shape index (κ3) is 2.58. The summed E-state index contributed by atoms with van der Waals surface area (Å²) < 4.78 is 3.14. The monoisotopic (exact) mass is 325 g/mol. The predicted octanol–water partition coefficient (Wildman–Crippen LogP) is 1.84. The van der Waals surface area contributed by atoms with E-state index in [2.05, 4.69) is 15.4 Å². The molecule has 0 aliphatic carbocycles. The van der Waals surface area contributed by atoms with Crippen LogP contribution in [0.25, 0.3) is 10.9 Å². The number of amides is 1. The maximum atomic E-state index is 12.6. The van der Waals surface area contributed by atoms with Gasteiger partial charge in [-0.25, -0.2) is 0 Å². The molecule has 7 nitrogen and oxygen atoms in total. The van der Waals surface area contributed by atoms with Crippen molar-refractivity contribution >= 4 is 22.6 Å². The van der Waals surface area contributed by atoms with Crippen molar-refractivity contribution in [2.75, 3.05) is 5.32 Å².